The predicted octanol–water partition coefficient (Wildman–Crippen LogP) is 2.37. The van der Waals surface area contributed by atoms with Crippen LogP contribution in [0, 0.1) is 5.41 Å². The minimum absolute atomic E-state index is 0.151. The van der Waals surface area contributed by atoms with Gasteiger partial charge in [-0.3, -0.25) is 4.79 Å². The zero-order valence-electron chi connectivity index (χ0n) is 11.2. The zero-order chi connectivity index (χ0) is 13.2. The maximum absolute atomic E-state index is 12.5. The summed E-state index contributed by atoms with van der Waals surface area (Å²) in [6.45, 7) is 0.777. The van der Waals surface area contributed by atoms with E-state index in [0.717, 1.165) is 25.1 Å². The van der Waals surface area contributed by atoms with Gasteiger partial charge >= 0.3 is 0 Å². The SMILES string of the molecule is CNCC1(C(=O)N(C)c2ccc(SC)cc2)CC1. The third-order valence-corrected chi connectivity index (χ3v) is 4.33. The van der Waals surface area contributed by atoms with Crippen molar-refractivity contribution >= 4 is 23.4 Å². The van der Waals surface area contributed by atoms with Crippen molar-refractivity contribution in [2.24, 2.45) is 5.41 Å². The highest BCUT2D eigenvalue weighted by Crippen LogP contribution is 2.47. The van der Waals surface area contributed by atoms with Crippen LogP contribution in [0.1, 0.15) is 12.8 Å². The van der Waals surface area contributed by atoms with Gasteiger partial charge in [-0.25, -0.2) is 0 Å². The van der Waals surface area contributed by atoms with Crippen molar-refractivity contribution in [1.29, 1.82) is 0 Å². The van der Waals surface area contributed by atoms with Gasteiger partial charge < -0.3 is 10.2 Å². The van der Waals surface area contributed by atoms with Crippen molar-refractivity contribution in [3.63, 3.8) is 0 Å². The van der Waals surface area contributed by atoms with Gasteiger partial charge in [0.05, 0.1) is 5.41 Å². The molecule has 1 amide bonds. The highest BCUT2D eigenvalue weighted by atomic mass is 32.2. The fraction of sp³-hybridized carbons (Fsp3) is 0.500. The molecule has 0 heterocycles. The Bertz CT molecular complexity index is 426. The Morgan fingerprint density at radius 2 is 2.00 bits per heavy atom. The molecule has 18 heavy (non-hydrogen) atoms. The number of rotatable bonds is 5. The summed E-state index contributed by atoms with van der Waals surface area (Å²) >= 11 is 1.71. The monoisotopic (exact) mass is 264 g/mol. The van der Waals surface area contributed by atoms with Crippen molar-refractivity contribution in [2.45, 2.75) is 17.7 Å². The van der Waals surface area contributed by atoms with Gasteiger partial charge in [0, 0.05) is 24.2 Å². The number of nitrogens with one attached hydrogen (secondary N) is 1. The molecule has 0 radical (unpaired) electrons. The van der Waals surface area contributed by atoms with E-state index in [-0.39, 0.29) is 11.3 Å². The molecule has 1 aliphatic rings. The van der Waals surface area contributed by atoms with E-state index in [4.69, 9.17) is 0 Å². The molecule has 0 spiro atoms. The smallest absolute Gasteiger partial charge is 0.234 e. The van der Waals surface area contributed by atoms with E-state index in [1.54, 1.807) is 16.7 Å². The van der Waals surface area contributed by atoms with Gasteiger partial charge in [0.1, 0.15) is 0 Å². The maximum atomic E-state index is 12.5. The standard InChI is InChI=1S/C14H20N2OS/c1-15-10-14(8-9-14)13(17)16(2)11-4-6-12(18-3)7-5-11/h4-7,15H,8-10H2,1-3H3. The Morgan fingerprint density at radius 1 is 1.39 bits per heavy atom. The van der Waals surface area contributed by atoms with E-state index in [1.807, 2.05) is 26.2 Å². The molecule has 0 bridgehead atoms. The molecule has 1 N–H and O–H groups in total. The van der Waals surface area contributed by atoms with Crippen molar-refractivity contribution in [1.82, 2.24) is 5.32 Å². The summed E-state index contributed by atoms with van der Waals surface area (Å²) in [5.74, 6) is 0.230. The molecule has 0 atom stereocenters. The minimum Gasteiger partial charge on any atom is -0.319 e. The highest BCUT2D eigenvalue weighted by molar-refractivity contribution is 7.98. The number of nitrogens with zero attached hydrogens (tertiary/aromatic N) is 1. The number of thioether (sulfide) groups is 1. The van der Waals surface area contributed by atoms with E-state index in [9.17, 15) is 4.79 Å². The number of amides is 1. The molecular weight excluding hydrogens is 244 g/mol. The van der Waals surface area contributed by atoms with Gasteiger partial charge in [-0.15, -0.1) is 11.8 Å². The molecule has 4 heteroatoms. The first-order valence-corrected chi connectivity index (χ1v) is 7.42. The summed E-state index contributed by atoms with van der Waals surface area (Å²) < 4.78 is 0. The summed E-state index contributed by atoms with van der Waals surface area (Å²) in [6, 6.07) is 8.14. The number of hydrogen-bond acceptors (Lipinski definition) is 3. The van der Waals surface area contributed by atoms with Crippen LogP contribution in [0.3, 0.4) is 0 Å². The van der Waals surface area contributed by atoms with Gasteiger partial charge in [0.25, 0.3) is 0 Å². The van der Waals surface area contributed by atoms with Crippen LogP contribution in [-0.4, -0.2) is 32.8 Å². The van der Waals surface area contributed by atoms with E-state index in [2.05, 4.69) is 23.7 Å². The zero-order valence-corrected chi connectivity index (χ0v) is 12.0. The number of anilines is 1. The summed E-state index contributed by atoms with van der Waals surface area (Å²) in [7, 11) is 3.77. The molecular formula is C14H20N2OS. The molecule has 2 rings (SSSR count). The van der Waals surface area contributed by atoms with Crippen molar-refractivity contribution in [3.05, 3.63) is 24.3 Å². The third kappa shape index (κ3) is 2.54. The van der Waals surface area contributed by atoms with Crippen molar-refractivity contribution in [3.8, 4) is 0 Å². The lowest BCUT2D eigenvalue weighted by atomic mass is 10.1. The first kappa shape index (κ1) is 13.4. The molecule has 0 aliphatic heterocycles. The summed E-state index contributed by atoms with van der Waals surface area (Å²) in [4.78, 5) is 15.5. The molecule has 0 saturated heterocycles. The summed E-state index contributed by atoms with van der Waals surface area (Å²) in [5.41, 5.74) is 0.821. The van der Waals surface area contributed by atoms with E-state index in [1.165, 1.54) is 4.90 Å². The molecule has 98 valence electrons. The second-order valence-electron chi connectivity index (χ2n) is 4.87. The van der Waals surface area contributed by atoms with Gasteiger partial charge in [-0.1, -0.05) is 0 Å². The lowest BCUT2D eigenvalue weighted by molar-refractivity contribution is -0.123. The quantitative estimate of drug-likeness (QED) is 0.829. The molecule has 3 nitrogen and oxygen atoms in total. The molecule has 0 unspecified atom stereocenters. The van der Waals surface area contributed by atoms with Crippen LogP contribution in [0.5, 0.6) is 0 Å². The second kappa shape index (κ2) is 5.33. The normalized spacial score (nSPS) is 16.4. The highest BCUT2D eigenvalue weighted by Gasteiger charge is 2.50. The average molecular weight is 264 g/mol. The number of carbonyl (C=O) groups is 1. The molecule has 1 aromatic carbocycles. The van der Waals surface area contributed by atoms with E-state index in [0.29, 0.717) is 0 Å². The van der Waals surface area contributed by atoms with Gasteiger partial charge in [-0.2, -0.15) is 0 Å². The lowest BCUT2D eigenvalue weighted by Gasteiger charge is -2.23. The predicted molar refractivity (Wildman–Crippen MR) is 77.2 cm³/mol. The van der Waals surface area contributed by atoms with Gasteiger partial charge in [-0.05, 0) is 50.4 Å². The second-order valence-corrected chi connectivity index (χ2v) is 5.75. The van der Waals surface area contributed by atoms with E-state index >= 15 is 0 Å². The first-order valence-electron chi connectivity index (χ1n) is 6.20. The first-order chi connectivity index (χ1) is 8.63. The van der Waals surface area contributed by atoms with Crippen LogP contribution in [0.25, 0.3) is 0 Å². The Balaban J connectivity index is 2.10. The van der Waals surface area contributed by atoms with Crippen LogP contribution in [-0.2, 0) is 4.79 Å². The van der Waals surface area contributed by atoms with Gasteiger partial charge in [0.15, 0.2) is 0 Å². The molecule has 0 aromatic heterocycles. The van der Waals surface area contributed by atoms with Crippen LogP contribution in [0.2, 0.25) is 0 Å². The number of carbonyl (C=O) groups excluding carboxylic acids is 1. The van der Waals surface area contributed by atoms with E-state index < -0.39 is 0 Å². The van der Waals surface area contributed by atoms with Crippen LogP contribution >= 0.6 is 11.8 Å². The Labute approximate surface area is 113 Å². The average Bonchev–Trinajstić information content (AvgIpc) is 3.18. The Kier molecular flexibility index (Phi) is 3.97. The summed E-state index contributed by atoms with van der Waals surface area (Å²) in [5, 5.41) is 3.13. The topological polar surface area (TPSA) is 32.3 Å². The molecule has 1 aliphatic carbocycles. The van der Waals surface area contributed by atoms with Crippen LogP contribution < -0.4 is 10.2 Å². The van der Waals surface area contributed by atoms with Crippen LogP contribution in [0.4, 0.5) is 5.69 Å². The maximum Gasteiger partial charge on any atom is 0.234 e. The largest absolute Gasteiger partial charge is 0.319 e. The third-order valence-electron chi connectivity index (χ3n) is 3.59. The fourth-order valence-corrected chi connectivity index (χ4v) is 2.64. The molecule has 1 saturated carbocycles. The van der Waals surface area contributed by atoms with Crippen molar-refractivity contribution < 1.29 is 4.79 Å². The Morgan fingerprint density at radius 3 is 2.44 bits per heavy atom. The number of hydrogen-bond donors (Lipinski definition) is 1. The lowest BCUT2D eigenvalue weighted by Crippen LogP contribution is -2.39. The summed E-state index contributed by atoms with van der Waals surface area (Å²) in [6.07, 6.45) is 4.05. The fourth-order valence-electron chi connectivity index (χ4n) is 2.23. The van der Waals surface area contributed by atoms with Crippen molar-refractivity contribution in [2.75, 3.05) is 31.8 Å². The minimum atomic E-state index is -0.151. The molecule has 1 fully saturated rings. The number of benzene rings is 1. The Hall–Kier alpha value is -1.00. The molecule has 1 aromatic rings. The van der Waals surface area contributed by atoms with Crippen LogP contribution in [0.15, 0.2) is 29.2 Å². The van der Waals surface area contributed by atoms with Gasteiger partial charge in [0.2, 0.25) is 5.91 Å².